The van der Waals surface area contributed by atoms with Crippen molar-refractivity contribution in [2.75, 3.05) is 5.75 Å². The molecule has 8 heteroatoms. The van der Waals surface area contributed by atoms with Gasteiger partial charge in [0.25, 0.3) is 0 Å². The van der Waals surface area contributed by atoms with Gasteiger partial charge in [0.1, 0.15) is 0 Å². The molecule has 3 N–H and O–H groups in total. The topological polar surface area (TPSA) is 105 Å². The maximum atomic E-state index is 12.0. The smallest absolute Gasteiger partial charge is 0.303 e. The molecule has 222 valence electrons. The third-order valence-corrected chi connectivity index (χ3v) is 8.41. The van der Waals surface area contributed by atoms with Crippen LogP contribution in [0, 0.1) is 0 Å². The predicted molar refractivity (Wildman–Crippen MR) is 166 cm³/mol. The first-order valence-electron chi connectivity index (χ1n) is 14.3. The van der Waals surface area contributed by atoms with Crippen molar-refractivity contribution in [2.24, 2.45) is 0 Å². The Hall–Kier alpha value is -3.95. The van der Waals surface area contributed by atoms with Crippen molar-refractivity contribution in [1.29, 1.82) is 0 Å². The highest BCUT2D eigenvalue weighted by Crippen LogP contribution is 2.40. The zero-order chi connectivity index (χ0) is 30.0. The van der Waals surface area contributed by atoms with Gasteiger partial charge >= 0.3 is 5.97 Å². The van der Waals surface area contributed by atoms with E-state index in [4.69, 9.17) is 14.6 Å². The number of amides is 1. The lowest BCUT2D eigenvalue weighted by molar-refractivity contribution is -0.245. The summed E-state index contributed by atoms with van der Waals surface area (Å²) in [5.41, 5.74) is 5.72. The molecule has 7 nitrogen and oxygen atoms in total. The summed E-state index contributed by atoms with van der Waals surface area (Å²) in [7, 11) is 0. The summed E-state index contributed by atoms with van der Waals surface area (Å²) >= 11 is 1.77. The van der Waals surface area contributed by atoms with E-state index < -0.39 is 12.3 Å². The molecule has 0 radical (unpaired) electrons. The largest absolute Gasteiger partial charge is 0.481 e. The fraction of sp³-hybridized carbons (Fsp3) is 0.257. The van der Waals surface area contributed by atoms with Crippen LogP contribution in [0.1, 0.15) is 53.9 Å². The second kappa shape index (κ2) is 15.0. The minimum absolute atomic E-state index is 0.00103. The van der Waals surface area contributed by atoms with Crippen LogP contribution < -0.4 is 5.32 Å². The van der Waals surface area contributed by atoms with Gasteiger partial charge in [0.15, 0.2) is 6.29 Å². The van der Waals surface area contributed by atoms with Crippen molar-refractivity contribution in [1.82, 2.24) is 5.32 Å². The molecule has 0 aromatic heterocycles. The summed E-state index contributed by atoms with van der Waals surface area (Å²) in [5, 5.41) is 21.1. The molecule has 4 aromatic rings. The maximum absolute atomic E-state index is 12.0. The van der Waals surface area contributed by atoms with E-state index >= 15 is 0 Å². The summed E-state index contributed by atoms with van der Waals surface area (Å²) in [4.78, 5) is 23.9. The molecule has 4 aromatic carbocycles. The molecule has 5 rings (SSSR count). The Kier molecular flexibility index (Phi) is 10.6. The van der Waals surface area contributed by atoms with Gasteiger partial charge in [0.05, 0.1) is 25.2 Å². The average Bonchev–Trinajstić information content (AvgIpc) is 3.06. The van der Waals surface area contributed by atoms with Gasteiger partial charge in [0, 0.05) is 35.6 Å². The molecule has 3 atom stereocenters. The molecule has 1 aliphatic heterocycles. The van der Waals surface area contributed by atoms with Crippen molar-refractivity contribution < 1.29 is 29.3 Å². The summed E-state index contributed by atoms with van der Waals surface area (Å²) < 4.78 is 13.1. The first-order valence-corrected chi connectivity index (χ1v) is 15.3. The van der Waals surface area contributed by atoms with E-state index in [0.717, 1.165) is 39.1 Å². The number of carboxylic acid groups (broad SMARTS) is 1. The Morgan fingerprint density at radius 1 is 0.791 bits per heavy atom. The second-order valence-corrected chi connectivity index (χ2v) is 11.6. The number of rotatable bonds is 12. The number of hydrogen-bond donors (Lipinski definition) is 3. The monoisotopic (exact) mass is 597 g/mol. The molecule has 0 unspecified atom stereocenters. The third kappa shape index (κ3) is 8.78. The molecule has 0 aliphatic carbocycles. The number of nitrogens with one attached hydrogen (secondary N) is 1. The second-order valence-electron chi connectivity index (χ2n) is 10.5. The lowest BCUT2D eigenvalue weighted by Crippen LogP contribution is -2.31. The summed E-state index contributed by atoms with van der Waals surface area (Å²) in [6, 6.07) is 34.2. The van der Waals surface area contributed by atoms with Crippen LogP contribution in [-0.4, -0.2) is 33.9 Å². The number of carboxylic acids is 1. The summed E-state index contributed by atoms with van der Waals surface area (Å²) in [6.45, 7) is 0.317. The number of aliphatic hydroxyl groups excluding tert-OH is 1. The highest BCUT2D eigenvalue weighted by atomic mass is 32.2. The van der Waals surface area contributed by atoms with Crippen LogP contribution in [0.25, 0.3) is 11.1 Å². The molecule has 43 heavy (non-hydrogen) atoms. The third-order valence-electron chi connectivity index (χ3n) is 7.27. The number of hydrogen-bond acceptors (Lipinski definition) is 6. The molecule has 0 saturated carbocycles. The van der Waals surface area contributed by atoms with E-state index in [-0.39, 0.29) is 37.6 Å². The Balaban J connectivity index is 1.32. The van der Waals surface area contributed by atoms with Crippen LogP contribution in [0.4, 0.5) is 0 Å². The molecule has 1 saturated heterocycles. The molecule has 0 bridgehead atoms. The van der Waals surface area contributed by atoms with Gasteiger partial charge in [-0.3, -0.25) is 9.59 Å². The lowest BCUT2D eigenvalue weighted by atomic mass is 9.99. The normalized spacial score (nSPS) is 18.2. The zero-order valence-corrected chi connectivity index (χ0v) is 24.5. The van der Waals surface area contributed by atoms with Crippen LogP contribution in [0.3, 0.4) is 0 Å². The molecular weight excluding hydrogens is 562 g/mol. The minimum atomic E-state index is -0.991. The van der Waals surface area contributed by atoms with Crippen LogP contribution in [0.2, 0.25) is 0 Å². The number of carbonyl (C=O) groups is 2. The minimum Gasteiger partial charge on any atom is -0.481 e. The number of carbonyl (C=O) groups excluding carboxylic acids is 1. The molecule has 1 aliphatic rings. The van der Waals surface area contributed by atoms with Crippen LogP contribution in [0.15, 0.2) is 108 Å². The molecular formula is C35H35NO6S. The van der Waals surface area contributed by atoms with Gasteiger partial charge in [-0.05, 0) is 52.1 Å². The van der Waals surface area contributed by atoms with Gasteiger partial charge in [-0.15, -0.1) is 11.8 Å². The lowest BCUT2D eigenvalue weighted by Gasteiger charge is -2.36. The fourth-order valence-corrected chi connectivity index (χ4v) is 5.91. The van der Waals surface area contributed by atoms with Crippen LogP contribution in [-0.2, 0) is 32.2 Å². The molecule has 1 fully saturated rings. The van der Waals surface area contributed by atoms with E-state index in [1.807, 2.05) is 84.9 Å². The SMILES string of the molecule is O=C(O)CCC(=O)NCc1cccc(-c2cccc([C@@H]3O[C@H](CSc4ccccc4)C[C@H](c4ccc(CO)cc4)O3)c2)c1. The Bertz CT molecular complexity index is 1510. The van der Waals surface area contributed by atoms with Gasteiger partial charge in [-0.2, -0.15) is 0 Å². The standard InChI is InChI=1S/C35H35NO6S/c37-22-24-12-14-26(15-13-24)32-20-30(23-43-31-10-2-1-3-11-31)41-35(42-32)29-9-5-8-28(19-29)27-7-4-6-25(18-27)21-36-33(38)16-17-34(39)40/h1-15,18-19,30,32,35,37H,16-17,20-23H2,(H,36,38)(H,39,40)/t30-,32+,35+/m0/s1. The number of ether oxygens (including phenoxy) is 2. The van der Waals surface area contributed by atoms with Crippen molar-refractivity contribution in [2.45, 2.75) is 55.8 Å². The first-order chi connectivity index (χ1) is 21.0. The molecule has 1 amide bonds. The van der Waals surface area contributed by atoms with Crippen molar-refractivity contribution in [3.8, 4) is 11.1 Å². The van der Waals surface area contributed by atoms with Crippen molar-refractivity contribution in [3.63, 3.8) is 0 Å². The fourth-order valence-electron chi connectivity index (χ4n) is 4.96. The quantitative estimate of drug-likeness (QED) is 0.157. The predicted octanol–water partition coefficient (Wildman–Crippen LogP) is 6.66. The molecule has 1 heterocycles. The average molecular weight is 598 g/mol. The summed E-state index contributed by atoms with van der Waals surface area (Å²) in [6.07, 6.45) is -0.281. The molecule has 0 spiro atoms. The van der Waals surface area contributed by atoms with Gasteiger partial charge in [0.2, 0.25) is 5.91 Å². The zero-order valence-electron chi connectivity index (χ0n) is 23.7. The van der Waals surface area contributed by atoms with Crippen molar-refractivity contribution in [3.05, 3.63) is 125 Å². The highest BCUT2D eigenvalue weighted by Gasteiger charge is 2.32. The Morgan fingerprint density at radius 3 is 2.28 bits per heavy atom. The number of thioether (sulfide) groups is 1. The van der Waals surface area contributed by atoms with E-state index in [1.54, 1.807) is 11.8 Å². The Labute approximate surface area is 255 Å². The number of aliphatic hydroxyl groups is 1. The number of aliphatic carboxylic acids is 1. The van der Waals surface area contributed by atoms with Crippen LogP contribution in [0.5, 0.6) is 0 Å². The van der Waals surface area contributed by atoms with Crippen LogP contribution >= 0.6 is 11.8 Å². The maximum Gasteiger partial charge on any atom is 0.303 e. The van der Waals surface area contributed by atoms with Crippen molar-refractivity contribution >= 4 is 23.6 Å². The van der Waals surface area contributed by atoms with Gasteiger partial charge in [-0.1, -0.05) is 78.9 Å². The Morgan fingerprint density at radius 2 is 1.53 bits per heavy atom. The van der Waals surface area contributed by atoms with E-state index in [1.165, 1.54) is 4.90 Å². The summed E-state index contributed by atoms with van der Waals surface area (Å²) in [5.74, 6) is -0.494. The van der Waals surface area contributed by atoms with E-state index in [2.05, 4.69) is 23.5 Å². The van der Waals surface area contributed by atoms with Gasteiger partial charge < -0.3 is 25.0 Å². The highest BCUT2D eigenvalue weighted by molar-refractivity contribution is 7.99. The number of benzene rings is 4. The van der Waals surface area contributed by atoms with Gasteiger partial charge in [-0.25, -0.2) is 0 Å². The van der Waals surface area contributed by atoms with E-state index in [0.29, 0.717) is 13.0 Å². The van der Waals surface area contributed by atoms with E-state index in [9.17, 15) is 14.7 Å². The first kappa shape index (κ1) is 30.5.